The summed E-state index contributed by atoms with van der Waals surface area (Å²) in [5, 5.41) is 4.09. The van der Waals surface area contributed by atoms with Gasteiger partial charge in [0.25, 0.3) is 0 Å². The highest BCUT2D eigenvalue weighted by molar-refractivity contribution is 6.33. The van der Waals surface area contributed by atoms with Gasteiger partial charge in [0, 0.05) is 0 Å². The number of hydrogen-bond acceptors (Lipinski definition) is 2. The SMILES string of the molecule is CC(=NNc1cc(C(F)(F)F)ccc1Cl)c1ccc(F)cc1. The summed E-state index contributed by atoms with van der Waals surface area (Å²) < 4.78 is 50.8. The zero-order valence-corrected chi connectivity index (χ0v) is 12.1. The Morgan fingerprint density at radius 3 is 2.32 bits per heavy atom. The van der Waals surface area contributed by atoms with E-state index in [1.165, 1.54) is 24.3 Å². The van der Waals surface area contributed by atoms with Crippen LogP contribution in [0.4, 0.5) is 23.2 Å². The molecule has 0 amide bonds. The third kappa shape index (κ3) is 3.98. The number of nitrogens with zero attached hydrogens (tertiary/aromatic N) is 1. The minimum atomic E-state index is -4.46. The van der Waals surface area contributed by atoms with Crippen molar-refractivity contribution < 1.29 is 17.6 Å². The normalized spacial score (nSPS) is 12.4. The Kier molecular flexibility index (Phi) is 4.71. The Labute approximate surface area is 129 Å². The Bertz CT molecular complexity index is 694. The van der Waals surface area contributed by atoms with Crippen LogP contribution >= 0.6 is 11.6 Å². The van der Waals surface area contributed by atoms with Gasteiger partial charge in [-0.25, -0.2) is 4.39 Å². The third-order valence-electron chi connectivity index (χ3n) is 2.90. The number of hydrazone groups is 1. The summed E-state index contributed by atoms with van der Waals surface area (Å²) in [6.45, 7) is 1.64. The molecule has 0 atom stereocenters. The standard InChI is InChI=1S/C15H11ClF4N2/c1-9(10-2-5-12(17)6-3-10)21-22-14-8-11(15(18,19)20)4-7-13(14)16/h2-8,22H,1H3. The summed E-state index contributed by atoms with van der Waals surface area (Å²) in [4.78, 5) is 0. The summed E-state index contributed by atoms with van der Waals surface area (Å²) in [6, 6.07) is 8.49. The fourth-order valence-corrected chi connectivity index (χ4v) is 1.85. The highest BCUT2D eigenvalue weighted by atomic mass is 35.5. The summed E-state index contributed by atoms with van der Waals surface area (Å²) in [7, 11) is 0. The van der Waals surface area contributed by atoms with E-state index in [2.05, 4.69) is 10.5 Å². The second kappa shape index (κ2) is 6.36. The number of nitrogens with one attached hydrogen (secondary N) is 1. The molecule has 2 aromatic rings. The Balaban J connectivity index is 2.23. The predicted molar refractivity (Wildman–Crippen MR) is 78.7 cm³/mol. The van der Waals surface area contributed by atoms with Crippen LogP contribution in [0.5, 0.6) is 0 Å². The second-order valence-electron chi connectivity index (χ2n) is 4.51. The fraction of sp³-hybridized carbons (Fsp3) is 0.133. The molecular formula is C15H11ClF4N2. The molecule has 0 aliphatic rings. The van der Waals surface area contributed by atoms with Crippen molar-refractivity contribution in [2.45, 2.75) is 13.1 Å². The lowest BCUT2D eigenvalue weighted by atomic mass is 10.1. The third-order valence-corrected chi connectivity index (χ3v) is 3.23. The van der Waals surface area contributed by atoms with Crippen molar-refractivity contribution in [2.24, 2.45) is 5.10 Å². The molecule has 2 nitrogen and oxygen atoms in total. The largest absolute Gasteiger partial charge is 0.416 e. The van der Waals surface area contributed by atoms with Crippen molar-refractivity contribution in [3.05, 3.63) is 64.4 Å². The van der Waals surface area contributed by atoms with Crippen LogP contribution in [-0.4, -0.2) is 5.71 Å². The van der Waals surface area contributed by atoms with Crippen LogP contribution in [0.3, 0.4) is 0 Å². The van der Waals surface area contributed by atoms with Crippen LogP contribution in [0.25, 0.3) is 0 Å². The molecule has 0 aromatic heterocycles. The number of rotatable bonds is 3. The maximum absolute atomic E-state index is 12.8. The molecule has 22 heavy (non-hydrogen) atoms. The quantitative estimate of drug-likeness (QED) is 0.459. The van der Waals surface area contributed by atoms with Gasteiger partial charge >= 0.3 is 6.18 Å². The van der Waals surface area contributed by atoms with Gasteiger partial charge in [-0.15, -0.1) is 0 Å². The first-order valence-electron chi connectivity index (χ1n) is 6.20. The molecule has 0 aliphatic heterocycles. The van der Waals surface area contributed by atoms with E-state index in [0.29, 0.717) is 11.3 Å². The maximum atomic E-state index is 12.8. The molecule has 7 heteroatoms. The van der Waals surface area contributed by atoms with Crippen molar-refractivity contribution in [1.82, 2.24) is 0 Å². The van der Waals surface area contributed by atoms with Crippen LogP contribution in [-0.2, 0) is 6.18 Å². The van der Waals surface area contributed by atoms with Crippen molar-refractivity contribution in [3.63, 3.8) is 0 Å². The average Bonchev–Trinajstić information content (AvgIpc) is 2.45. The van der Waals surface area contributed by atoms with E-state index in [-0.39, 0.29) is 16.5 Å². The zero-order chi connectivity index (χ0) is 16.3. The molecule has 2 rings (SSSR count). The van der Waals surface area contributed by atoms with Crippen LogP contribution in [0, 0.1) is 5.82 Å². The lowest BCUT2D eigenvalue weighted by molar-refractivity contribution is -0.137. The lowest BCUT2D eigenvalue weighted by Gasteiger charge is -2.10. The lowest BCUT2D eigenvalue weighted by Crippen LogP contribution is -2.06. The number of benzene rings is 2. The highest BCUT2D eigenvalue weighted by Gasteiger charge is 2.30. The van der Waals surface area contributed by atoms with Gasteiger partial charge in [-0.05, 0) is 42.8 Å². The van der Waals surface area contributed by atoms with Gasteiger partial charge in [0.15, 0.2) is 0 Å². The van der Waals surface area contributed by atoms with Crippen molar-refractivity contribution >= 4 is 23.0 Å². The summed E-state index contributed by atoms with van der Waals surface area (Å²) in [5.74, 6) is -0.384. The first-order chi connectivity index (χ1) is 10.3. The van der Waals surface area contributed by atoms with E-state index in [1.54, 1.807) is 6.92 Å². The molecule has 0 aliphatic carbocycles. The van der Waals surface area contributed by atoms with E-state index >= 15 is 0 Å². The van der Waals surface area contributed by atoms with Gasteiger partial charge in [0.1, 0.15) is 5.82 Å². The van der Waals surface area contributed by atoms with Crippen molar-refractivity contribution in [1.29, 1.82) is 0 Å². The highest BCUT2D eigenvalue weighted by Crippen LogP contribution is 2.33. The first kappa shape index (κ1) is 16.3. The monoisotopic (exact) mass is 330 g/mol. The van der Waals surface area contributed by atoms with Crippen LogP contribution in [0.2, 0.25) is 5.02 Å². The molecular weight excluding hydrogens is 320 g/mol. The number of hydrogen-bond donors (Lipinski definition) is 1. The van der Waals surface area contributed by atoms with E-state index in [0.717, 1.165) is 18.2 Å². The Hall–Kier alpha value is -2.08. The maximum Gasteiger partial charge on any atom is 0.416 e. The van der Waals surface area contributed by atoms with Crippen LogP contribution < -0.4 is 5.43 Å². The second-order valence-corrected chi connectivity index (χ2v) is 4.92. The van der Waals surface area contributed by atoms with Crippen LogP contribution in [0.15, 0.2) is 47.6 Å². The first-order valence-corrected chi connectivity index (χ1v) is 6.58. The van der Waals surface area contributed by atoms with Gasteiger partial charge in [-0.1, -0.05) is 23.7 Å². The molecule has 1 N–H and O–H groups in total. The van der Waals surface area contributed by atoms with Crippen molar-refractivity contribution in [3.8, 4) is 0 Å². The molecule has 0 heterocycles. The van der Waals surface area contributed by atoms with E-state index in [4.69, 9.17) is 11.6 Å². The number of halogens is 5. The summed E-state index contributed by atoms with van der Waals surface area (Å²) in [5.41, 5.74) is 2.83. The van der Waals surface area contributed by atoms with E-state index in [1.807, 2.05) is 0 Å². The molecule has 0 radical (unpaired) electrons. The average molecular weight is 331 g/mol. The minimum Gasteiger partial charge on any atom is -0.277 e. The van der Waals surface area contributed by atoms with Gasteiger partial charge in [-0.3, -0.25) is 5.43 Å². The topological polar surface area (TPSA) is 24.4 Å². The predicted octanol–water partition coefficient (Wildman–Crippen LogP) is 5.33. The van der Waals surface area contributed by atoms with Gasteiger partial charge in [0.05, 0.1) is 22.0 Å². The minimum absolute atomic E-state index is 0.0398. The molecule has 0 unspecified atom stereocenters. The molecule has 0 saturated carbocycles. The van der Waals surface area contributed by atoms with Crippen LogP contribution in [0.1, 0.15) is 18.1 Å². The smallest absolute Gasteiger partial charge is 0.277 e. The Morgan fingerprint density at radius 1 is 1.09 bits per heavy atom. The molecule has 0 saturated heterocycles. The molecule has 0 spiro atoms. The zero-order valence-electron chi connectivity index (χ0n) is 11.4. The van der Waals surface area contributed by atoms with Gasteiger partial charge < -0.3 is 0 Å². The summed E-state index contributed by atoms with van der Waals surface area (Å²) in [6.07, 6.45) is -4.46. The van der Waals surface area contributed by atoms with E-state index < -0.39 is 11.7 Å². The molecule has 0 bridgehead atoms. The molecule has 116 valence electrons. The number of alkyl halides is 3. The van der Waals surface area contributed by atoms with E-state index in [9.17, 15) is 17.6 Å². The fourth-order valence-electron chi connectivity index (χ4n) is 1.69. The number of anilines is 1. The molecule has 2 aromatic carbocycles. The van der Waals surface area contributed by atoms with Gasteiger partial charge in [-0.2, -0.15) is 18.3 Å². The summed E-state index contributed by atoms with van der Waals surface area (Å²) >= 11 is 5.85. The van der Waals surface area contributed by atoms with Gasteiger partial charge in [0.2, 0.25) is 0 Å². The molecule has 0 fully saturated rings. The van der Waals surface area contributed by atoms with Crippen molar-refractivity contribution in [2.75, 3.05) is 5.43 Å². The Morgan fingerprint density at radius 2 is 1.73 bits per heavy atom.